The van der Waals surface area contributed by atoms with Gasteiger partial charge in [-0.25, -0.2) is 0 Å². The Morgan fingerprint density at radius 2 is 2.10 bits per heavy atom. The van der Waals surface area contributed by atoms with E-state index in [2.05, 4.69) is 44.7 Å². The molecule has 0 amide bonds. The normalized spacial score (nSPS) is 29.7. The summed E-state index contributed by atoms with van der Waals surface area (Å²) in [4.78, 5) is 2.50. The molecule has 0 radical (unpaired) electrons. The molecule has 20 heavy (non-hydrogen) atoms. The topological polar surface area (TPSA) is 52.1 Å². The lowest BCUT2D eigenvalue weighted by Gasteiger charge is -2.25. The van der Waals surface area contributed by atoms with Gasteiger partial charge in [0.2, 0.25) is 0 Å². The first kappa shape index (κ1) is 14.8. The molecule has 2 aliphatic rings. The van der Waals surface area contributed by atoms with E-state index in [1.165, 1.54) is 23.0 Å². The molecule has 2 fully saturated rings. The number of likely N-dealkylation sites (tertiary alicyclic amines) is 1. The van der Waals surface area contributed by atoms with Crippen LogP contribution in [0.2, 0.25) is 0 Å². The predicted molar refractivity (Wildman–Crippen MR) is 86.5 cm³/mol. The van der Waals surface area contributed by atoms with Crippen LogP contribution in [0.5, 0.6) is 0 Å². The van der Waals surface area contributed by atoms with Crippen molar-refractivity contribution >= 4 is 23.5 Å². The van der Waals surface area contributed by atoms with Crippen LogP contribution in [-0.4, -0.2) is 68.5 Å². The van der Waals surface area contributed by atoms with Gasteiger partial charge in [-0.05, 0) is 19.4 Å². The van der Waals surface area contributed by atoms with Crippen LogP contribution in [0, 0.1) is 12.8 Å². The minimum Gasteiger partial charge on any atom is -0.391 e. The third-order valence-electron chi connectivity index (χ3n) is 4.17. The first-order valence-corrected chi connectivity index (χ1v) is 9.62. The Hall–Kier alpha value is -0.170. The third-order valence-corrected chi connectivity index (χ3v) is 6.66. The zero-order valence-corrected chi connectivity index (χ0v) is 13.6. The lowest BCUT2D eigenvalue weighted by molar-refractivity contribution is 0.138. The van der Waals surface area contributed by atoms with Gasteiger partial charge in [0.1, 0.15) is 0 Å². The van der Waals surface area contributed by atoms with Crippen LogP contribution in [-0.2, 0) is 6.42 Å². The first-order valence-electron chi connectivity index (χ1n) is 7.31. The summed E-state index contributed by atoms with van der Waals surface area (Å²) in [5, 5.41) is 17.6. The van der Waals surface area contributed by atoms with E-state index < -0.39 is 0 Å². The first-order chi connectivity index (χ1) is 9.72. The van der Waals surface area contributed by atoms with Crippen molar-refractivity contribution in [2.24, 2.45) is 5.92 Å². The molecule has 0 saturated carbocycles. The maximum Gasteiger partial charge on any atom is 0.0711 e. The van der Waals surface area contributed by atoms with Gasteiger partial charge in [-0.2, -0.15) is 28.6 Å². The number of nitrogens with zero attached hydrogens (tertiary/aromatic N) is 2. The van der Waals surface area contributed by atoms with Crippen LogP contribution < -0.4 is 0 Å². The van der Waals surface area contributed by atoms with E-state index in [0.717, 1.165) is 30.9 Å². The van der Waals surface area contributed by atoms with E-state index in [0.29, 0.717) is 12.0 Å². The summed E-state index contributed by atoms with van der Waals surface area (Å²) in [5.74, 6) is 5.30. The van der Waals surface area contributed by atoms with E-state index >= 15 is 0 Å². The van der Waals surface area contributed by atoms with E-state index in [1.807, 2.05) is 6.92 Å². The number of aliphatic hydroxyl groups excluding tert-OH is 1. The Morgan fingerprint density at radius 1 is 1.35 bits per heavy atom. The molecule has 4 nitrogen and oxygen atoms in total. The lowest BCUT2D eigenvalue weighted by Crippen LogP contribution is -2.37. The second-order valence-electron chi connectivity index (χ2n) is 5.83. The molecule has 0 unspecified atom stereocenters. The Balaban J connectivity index is 1.58. The molecular weight excluding hydrogens is 290 g/mol. The van der Waals surface area contributed by atoms with E-state index in [4.69, 9.17) is 0 Å². The lowest BCUT2D eigenvalue weighted by atomic mass is 10.0. The van der Waals surface area contributed by atoms with Gasteiger partial charge >= 0.3 is 0 Å². The van der Waals surface area contributed by atoms with Crippen molar-refractivity contribution in [3.05, 3.63) is 17.5 Å². The Bertz CT molecular complexity index is 432. The molecule has 2 atom stereocenters. The molecule has 1 aromatic rings. The average molecular weight is 313 g/mol. The molecule has 2 aliphatic heterocycles. The summed E-state index contributed by atoms with van der Waals surface area (Å²) in [5.41, 5.74) is 2.18. The SMILES string of the molecule is Cc1cc(C[C@@H]2CN(C3CSCCSC3)C[C@@H]2O)n[nH]1. The van der Waals surface area contributed by atoms with Gasteiger partial charge in [0.05, 0.1) is 11.8 Å². The number of rotatable bonds is 3. The fourth-order valence-electron chi connectivity index (χ4n) is 3.05. The number of hydrogen-bond acceptors (Lipinski definition) is 5. The minimum atomic E-state index is -0.203. The highest BCUT2D eigenvalue weighted by Crippen LogP contribution is 2.27. The van der Waals surface area contributed by atoms with Crippen LogP contribution in [0.25, 0.3) is 0 Å². The summed E-state index contributed by atoms with van der Waals surface area (Å²) >= 11 is 4.12. The second-order valence-corrected chi connectivity index (χ2v) is 8.13. The highest BCUT2D eigenvalue weighted by Gasteiger charge is 2.35. The van der Waals surface area contributed by atoms with Crippen molar-refractivity contribution in [1.82, 2.24) is 15.1 Å². The number of thioether (sulfide) groups is 2. The largest absolute Gasteiger partial charge is 0.391 e. The van der Waals surface area contributed by atoms with E-state index in [-0.39, 0.29) is 6.10 Å². The van der Waals surface area contributed by atoms with Crippen molar-refractivity contribution in [1.29, 1.82) is 0 Å². The zero-order valence-electron chi connectivity index (χ0n) is 11.9. The summed E-state index contributed by atoms with van der Waals surface area (Å²) in [6, 6.07) is 2.72. The maximum absolute atomic E-state index is 10.3. The Labute approximate surface area is 129 Å². The van der Waals surface area contributed by atoms with Gasteiger partial charge < -0.3 is 5.11 Å². The highest BCUT2D eigenvalue weighted by atomic mass is 32.2. The molecule has 0 bridgehead atoms. The van der Waals surface area contributed by atoms with Gasteiger partial charge in [0, 0.05) is 53.8 Å². The molecule has 3 heterocycles. The molecule has 2 N–H and O–H groups in total. The molecule has 112 valence electrons. The summed E-state index contributed by atoms with van der Waals surface area (Å²) in [7, 11) is 0. The molecule has 0 spiro atoms. The van der Waals surface area contributed by atoms with Crippen LogP contribution in [0.3, 0.4) is 0 Å². The van der Waals surface area contributed by atoms with Crippen LogP contribution in [0.4, 0.5) is 0 Å². The highest BCUT2D eigenvalue weighted by molar-refractivity contribution is 8.03. The van der Waals surface area contributed by atoms with Gasteiger partial charge in [-0.1, -0.05) is 0 Å². The number of aryl methyl sites for hydroxylation is 1. The van der Waals surface area contributed by atoms with Crippen molar-refractivity contribution in [2.45, 2.75) is 25.5 Å². The molecule has 6 heteroatoms. The van der Waals surface area contributed by atoms with Crippen molar-refractivity contribution in [3.63, 3.8) is 0 Å². The van der Waals surface area contributed by atoms with Crippen molar-refractivity contribution < 1.29 is 5.11 Å². The Morgan fingerprint density at radius 3 is 2.75 bits per heavy atom. The molecule has 0 aromatic carbocycles. The third kappa shape index (κ3) is 3.53. The molecule has 0 aliphatic carbocycles. The van der Waals surface area contributed by atoms with Crippen molar-refractivity contribution in [2.75, 3.05) is 36.1 Å². The van der Waals surface area contributed by atoms with Gasteiger partial charge in [-0.15, -0.1) is 0 Å². The summed E-state index contributed by atoms with van der Waals surface area (Å²) < 4.78 is 0. The number of nitrogens with one attached hydrogen (secondary N) is 1. The zero-order chi connectivity index (χ0) is 13.9. The quantitative estimate of drug-likeness (QED) is 0.883. The number of β-amino-alcohol motifs (C(OH)–C–C–N with tert-alkyl or cyclic N) is 1. The fraction of sp³-hybridized carbons (Fsp3) is 0.786. The van der Waals surface area contributed by atoms with Crippen LogP contribution >= 0.6 is 23.5 Å². The smallest absolute Gasteiger partial charge is 0.0711 e. The van der Waals surface area contributed by atoms with Gasteiger partial charge in [0.15, 0.2) is 0 Å². The number of H-pyrrole nitrogens is 1. The number of aromatic amines is 1. The van der Waals surface area contributed by atoms with Crippen molar-refractivity contribution in [3.8, 4) is 0 Å². The molecule has 2 saturated heterocycles. The van der Waals surface area contributed by atoms with Gasteiger partial charge in [0.25, 0.3) is 0 Å². The summed E-state index contributed by atoms with van der Waals surface area (Å²) in [6.45, 7) is 3.87. The van der Waals surface area contributed by atoms with Gasteiger partial charge in [-0.3, -0.25) is 10.00 Å². The molecule has 3 rings (SSSR count). The predicted octanol–water partition coefficient (Wildman–Crippen LogP) is 1.40. The Kier molecular flexibility index (Phi) is 4.96. The number of aromatic nitrogens is 2. The second kappa shape index (κ2) is 6.73. The number of hydrogen-bond donors (Lipinski definition) is 2. The van der Waals surface area contributed by atoms with E-state index in [9.17, 15) is 5.11 Å². The van der Waals surface area contributed by atoms with Crippen LogP contribution in [0.15, 0.2) is 6.07 Å². The minimum absolute atomic E-state index is 0.203. The standard InChI is InChI=1S/C14H23N3OS2/c1-10-4-12(16-15-10)5-11-6-17(7-14(11)18)13-8-19-2-3-20-9-13/h4,11,13-14,18H,2-3,5-9H2,1H3,(H,15,16)/t11-,14+/m1/s1. The van der Waals surface area contributed by atoms with E-state index in [1.54, 1.807) is 0 Å². The number of aliphatic hydroxyl groups is 1. The fourth-order valence-corrected chi connectivity index (χ4v) is 5.68. The van der Waals surface area contributed by atoms with Crippen LogP contribution in [0.1, 0.15) is 11.4 Å². The molecule has 1 aromatic heterocycles. The maximum atomic E-state index is 10.3. The molecular formula is C14H23N3OS2. The average Bonchev–Trinajstić information content (AvgIpc) is 2.88. The summed E-state index contributed by atoms with van der Waals surface area (Å²) in [6.07, 6.45) is 0.680. The monoisotopic (exact) mass is 313 g/mol.